The average molecular weight is 430 g/mol. The van der Waals surface area contributed by atoms with Crippen LogP contribution in [0.15, 0.2) is 36.4 Å². The Kier molecular flexibility index (Phi) is 8.18. The highest BCUT2D eigenvalue weighted by Crippen LogP contribution is 2.25. The lowest BCUT2D eigenvalue weighted by atomic mass is 10.1. The first-order valence-electron chi connectivity index (χ1n) is 9.47. The summed E-state index contributed by atoms with van der Waals surface area (Å²) in [6, 6.07) is 9.50. The van der Waals surface area contributed by atoms with Crippen molar-refractivity contribution in [1.82, 2.24) is 0 Å². The highest BCUT2D eigenvalue weighted by Gasteiger charge is 2.19. The molecule has 0 fully saturated rings. The Balaban J connectivity index is 1.78. The molecule has 0 heterocycles. The van der Waals surface area contributed by atoms with E-state index in [9.17, 15) is 29.8 Å². The molecule has 0 amide bonds. The Morgan fingerprint density at radius 3 is 1.52 bits per heavy atom. The van der Waals surface area contributed by atoms with Gasteiger partial charge in [-0.05, 0) is 32.4 Å². The van der Waals surface area contributed by atoms with Gasteiger partial charge in [0, 0.05) is 24.0 Å². The minimum atomic E-state index is -0.599. The minimum Gasteiger partial charge on any atom is -0.461 e. The van der Waals surface area contributed by atoms with Crippen molar-refractivity contribution < 1.29 is 28.9 Å². The molecule has 10 nitrogen and oxygen atoms in total. The standard InChI is InChI=1S/C21H22N2O8/c1-14-6-3-8-16(20(14)22(26)27)12-30-18(24)10-5-11-19(25)31-13-17-9-4-7-15(2)21(17)23(28)29/h3-4,6-9H,5,10-13H2,1-2H3. The van der Waals surface area contributed by atoms with Crippen LogP contribution in [-0.4, -0.2) is 21.8 Å². The van der Waals surface area contributed by atoms with Crippen LogP contribution in [-0.2, 0) is 32.3 Å². The lowest BCUT2D eigenvalue weighted by Crippen LogP contribution is -2.09. The molecule has 0 aromatic heterocycles. The molecule has 2 aromatic rings. The van der Waals surface area contributed by atoms with Gasteiger partial charge >= 0.3 is 11.9 Å². The fourth-order valence-electron chi connectivity index (χ4n) is 3.03. The highest BCUT2D eigenvalue weighted by molar-refractivity contribution is 5.72. The first-order valence-corrected chi connectivity index (χ1v) is 9.47. The normalized spacial score (nSPS) is 10.4. The zero-order valence-corrected chi connectivity index (χ0v) is 17.2. The van der Waals surface area contributed by atoms with Crippen LogP contribution in [0.4, 0.5) is 11.4 Å². The molecule has 0 aliphatic heterocycles. The Morgan fingerprint density at radius 1 is 0.774 bits per heavy atom. The molecule has 164 valence electrons. The van der Waals surface area contributed by atoms with Crippen molar-refractivity contribution in [2.24, 2.45) is 0 Å². The molecule has 0 N–H and O–H groups in total. The summed E-state index contributed by atoms with van der Waals surface area (Å²) < 4.78 is 10.1. The van der Waals surface area contributed by atoms with Crippen LogP contribution in [0.25, 0.3) is 0 Å². The molecule has 0 atom stereocenters. The lowest BCUT2D eigenvalue weighted by Gasteiger charge is -2.08. The number of esters is 2. The van der Waals surface area contributed by atoms with E-state index in [0.717, 1.165) is 0 Å². The third kappa shape index (κ3) is 6.59. The molecule has 0 saturated heterocycles. The van der Waals surface area contributed by atoms with Gasteiger partial charge in [-0.2, -0.15) is 0 Å². The molecule has 0 aliphatic carbocycles. The van der Waals surface area contributed by atoms with Gasteiger partial charge in [0.15, 0.2) is 0 Å². The second kappa shape index (κ2) is 10.8. The van der Waals surface area contributed by atoms with Crippen LogP contribution < -0.4 is 0 Å². The Labute approximate surface area is 178 Å². The zero-order valence-electron chi connectivity index (χ0n) is 17.2. The predicted molar refractivity (Wildman–Crippen MR) is 109 cm³/mol. The van der Waals surface area contributed by atoms with Crippen molar-refractivity contribution in [3.63, 3.8) is 0 Å². The second-order valence-electron chi connectivity index (χ2n) is 6.85. The van der Waals surface area contributed by atoms with Gasteiger partial charge in [0.25, 0.3) is 11.4 Å². The van der Waals surface area contributed by atoms with E-state index in [4.69, 9.17) is 9.47 Å². The summed E-state index contributed by atoms with van der Waals surface area (Å²) in [7, 11) is 0. The number of carbonyl (C=O) groups is 2. The molecular formula is C21H22N2O8. The SMILES string of the molecule is Cc1cccc(COC(=O)CCCC(=O)OCc2cccc(C)c2[N+](=O)[O-])c1[N+](=O)[O-]. The van der Waals surface area contributed by atoms with Gasteiger partial charge in [-0.25, -0.2) is 0 Å². The molecule has 0 saturated carbocycles. The number of nitro groups is 2. The molecule has 2 aromatic carbocycles. The van der Waals surface area contributed by atoms with Crippen molar-refractivity contribution >= 4 is 23.3 Å². The summed E-state index contributed by atoms with van der Waals surface area (Å²) in [5.41, 5.74) is 1.33. The van der Waals surface area contributed by atoms with E-state index in [1.165, 1.54) is 12.1 Å². The molecular weight excluding hydrogens is 408 g/mol. The van der Waals surface area contributed by atoms with E-state index in [0.29, 0.717) is 11.1 Å². The number of nitro benzene ring substituents is 2. The van der Waals surface area contributed by atoms with Crippen LogP contribution in [0, 0.1) is 34.1 Å². The second-order valence-corrected chi connectivity index (χ2v) is 6.85. The van der Waals surface area contributed by atoms with Crippen molar-refractivity contribution in [1.29, 1.82) is 0 Å². The summed E-state index contributed by atoms with van der Waals surface area (Å²) in [4.78, 5) is 45.0. The zero-order chi connectivity index (χ0) is 23.0. The summed E-state index contributed by atoms with van der Waals surface area (Å²) in [5, 5.41) is 22.3. The van der Waals surface area contributed by atoms with E-state index in [1.54, 1.807) is 38.1 Å². The smallest absolute Gasteiger partial charge is 0.306 e. The monoisotopic (exact) mass is 430 g/mol. The third-order valence-corrected chi connectivity index (χ3v) is 4.55. The number of benzene rings is 2. The number of ether oxygens (including phenoxy) is 2. The van der Waals surface area contributed by atoms with E-state index < -0.39 is 21.8 Å². The van der Waals surface area contributed by atoms with Gasteiger partial charge in [-0.3, -0.25) is 29.8 Å². The molecule has 0 bridgehead atoms. The van der Waals surface area contributed by atoms with E-state index in [1.807, 2.05) is 0 Å². The Bertz CT molecular complexity index is 923. The average Bonchev–Trinajstić information content (AvgIpc) is 2.70. The van der Waals surface area contributed by atoms with Gasteiger partial charge < -0.3 is 9.47 Å². The fourth-order valence-corrected chi connectivity index (χ4v) is 3.03. The summed E-state index contributed by atoms with van der Waals surface area (Å²) >= 11 is 0. The fraction of sp³-hybridized carbons (Fsp3) is 0.333. The number of hydrogen-bond acceptors (Lipinski definition) is 8. The number of hydrogen-bond donors (Lipinski definition) is 0. The van der Waals surface area contributed by atoms with Crippen molar-refractivity contribution in [3.05, 3.63) is 78.9 Å². The van der Waals surface area contributed by atoms with Crippen molar-refractivity contribution in [2.75, 3.05) is 0 Å². The maximum absolute atomic E-state index is 11.9. The molecule has 31 heavy (non-hydrogen) atoms. The first kappa shape index (κ1) is 23.5. The maximum atomic E-state index is 11.9. The molecule has 10 heteroatoms. The van der Waals surface area contributed by atoms with Gasteiger partial charge in [0.2, 0.25) is 0 Å². The van der Waals surface area contributed by atoms with Gasteiger partial charge in [-0.1, -0.05) is 24.3 Å². The van der Waals surface area contributed by atoms with Gasteiger partial charge in [0.1, 0.15) is 13.2 Å². The van der Waals surface area contributed by atoms with Crippen LogP contribution in [0.3, 0.4) is 0 Å². The summed E-state index contributed by atoms with van der Waals surface area (Å²) in [5.74, 6) is -1.20. The Morgan fingerprint density at radius 2 is 1.16 bits per heavy atom. The highest BCUT2D eigenvalue weighted by atomic mass is 16.6. The first-order chi connectivity index (χ1) is 14.7. The predicted octanol–water partition coefficient (Wildman–Crippen LogP) is 4.08. The number of nitrogens with zero attached hydrogens (tertiary/aromatic N) is 2. The van der Waals surface area contributed by atoms with Crippen molar-refractivity contribution in [2.45, 2.75) is 46.3 Å². The quantitative estimate of drug-likeness (QED) is 0.312. The largest absolute Gasteiger partial charge is 0.461 e. The number of carbonyl (C=O) groups excluding carboxylic acids is 2. The minimum absolute atomic E-state index is 0.0701. The maximum Gasteiger partial charge on any atom is 0.306 e. The van der Waals surface area contributed by atoms with E-state index >= 15 is 0 Å². The summed E-state index contributed by atoms with van der Waals surface area (Å²) in [6.07, 6.45) is 0.0160. The van der Waals surface area contributed by atoms with Crippen LogP contribution in [0.2, 0.25) is 0 Å². The van der Waals surface area contributed by atoms with E-state index in [-0.39, 0.29) is 55.0 Å². The molecule has 0 spiro atoms. The molecule has 0 radical (unpaired) electrons. The third-order valence-electron chi connectivity index (χ3n) is 4.55. The van der Waals surface area contributed by atoms with Crippen LogP contribution >= 0.6 is 0 Å². The number of para-hydroxylation sites is 2. The molecule has 2 rings (SSSR count). The van der Waals surface area contributed by atoms with Crippen LogP contribution in [0.1, 0.15) is 41.5 Å². The Hall–Kier alpha value is -3.82. The van der Waals surface area contributed by atoms with Gasteiger partial charge in [0.05, 0.1) is 21.0 Å². The van der Waals surface area contributed by atoms with E-state index in [2.05, 4.69) is 0 Å². The van der Waals surface area contributed by atoms with Crippen molar-refractivity contribution in [3.8, 4) is 0 Å². The topological polar surface area (TPSA) is 139 Å². The lowest BCUT2D eigenvalue weighted by molar-refractivity contribution is -0.386. The number of aryl methyl sites for hydroxylation is 2. The van der Waals surface area contributed by atoms with Crippen LogP contribution in [0.5, 0.6) is 0 Å². The van der Waals surface area contributed by atoms with Gasteiger partial charge in [-0.15, -0.1) is 0 Å². The molecule has 0 unspecified atom stereocenters. The number of rotatable bonds is 10. The summed E-state index contributed by atoms with van der Waals surface area (Å²) in [6.45, 7) is 2.72. The molecule has 0 aliphatic rings.